The van der Waals surface area contributed by atoms with Gasteiger partial charge >= 0.3 is 0 Å². The van der Waals surface area contributed by atoms with Crippen molar-refractivity contribution in [2.24, 2.45) is 0 Å². The van der Waals surface area contributed by atoms with E-state index < -0.39 is 0 Å². The number of nitrogens with one attached hydrogen (secondary N) is 1. The van der Waals surface area contributed by atoms with Gasteiger partial charge in [-0.15, -0.1) is 0 Å². The fourth-order valence-corrected chi connectivity index (χ4v) is 2.14. The van der Waals surface area contributed by atoms with Gasteiger partial charge in [-0.1, -0.05) is 19.6 Å². The minimum Gasteiger partial charge on any atom is -0.490 e. The van der Waals surface area contributed by atoms with Crippen LogP contribution in [0.25, 0.3) is 0 Å². The maximum Gasteiger partial charge on any atom is 0.175 e. The van der Waals surface area contributed by atoms with E-state index in [4.69, 9.17) is 9.47 Å². The van der Waals surface area contributed by atoms with Gasteiger partial charge < -0.3 is 14.8 Å². The molecule has 0 fully saturated rings. The Kier molecular flexibility index (Phi) is 6.83. The van der Waals surface area contributed by atoms with Crippen molar-refractivity contribution in [3.8, 4) is 11.5 Å². The van der Waals surface area contributed by atoms with Crippen molar-refractivity contribution in [2.75, 3.05) is 19.8 Å². The van der Waals surface area contributed by atoms with Gasteiger partial charge in [0.2, 0.25) is 0 Å². The molecule has 0 heterocycles. The zero-order valence-electron chi connectivity index (χ0n) is 11.0. The summed E-state index contributed by atoms with van der Waals surface area (Å²) in [7, 11) is 0. The van der Waals surface area contributed by atoms with Gasteiger partial charge in [-0.2, -0.15) is 0 Å². The normalized spacial score (nSPS) is 10.2. The molecule has 0 unspecified atom stereocenters. The third-order valence-corrected chi connectivity index (χ3v) is 2.88. The van der Waals surface area contributed by atoms with Gasteiger partial charge in [-0.3, -0.25) is 0 Å². The second-order valence-electron chi connectivity index (χ2n) is 3.72. The van der Waals surface area contributed by atoms with E-state index in [-0.39, 0.29) is 0 Å². The molecule has 0 saturated carbocycles. The lowest BCUT2D eigenvalue weighted by Gasteiger charge is -2.14. The Hall–Kier alpha value is -1.00. The molecular weight excluding hydrogens is 294 g/mol. The highest BCUT2D eigenvalue weighted by molar-refractivity contribution is 9.10. The number of ether oxygens (including phenoxy) is 2. The van der Waals surface area contributed by atoms with E-state index in [1.54, 1.807) is 6.08 Å². The minimum atomic E-state index is 0.464. The SMILES string of the molecule is C=CCOc1c(Br)cc(CNCC)cc1OCC. The first-order chi connectivity index (χ1) is 8.72. The van der Waals surface area contributed by atoms with Crippen LogP contribution in [0.5, 0.6) is 11.5 Å². The molecule has 0 aliphatic heterocycles. The first kappa shape index (κ1) is 15.1. The predicted molar refractivity (Wildman–Crippen MR) is 78.4 cm³/mol. The Morgan fingerprint density at radius 2 is 2.11 bits per heavy atom. The van der Waals surface area contributed by atoms with Gasteiger partial charge in [0.05, 0.1) is 11.1 Å². The van der Waals surface area contributed by atoms with Crippen LogP contribution < -0.4 is 14.8 Å². The van der Waals surface area contributed by atoms with Crippen LogP contribution in [0.1, 0.15) is 19.4 Å². The highest BCUT2D eigenvalue weighted by Crippen LogP contribution is 2.36. The molecule has 4 heteroatoms. The molecule has 100 valence electrons. The molecule has 0 aromatic heterocycles. The zero-order valence-corrected chi connectivity index (χ0v) is 12.5. The molecular formula is C14H20BrNO2. The molecule has 0 aliphatic rings. The smallest absolute Gasteiger partial charge is 0.175 e. The van der Waals surface area contributed by atoms with E-state index in [0.717, 1.165) is 34.6 Å². The van der Waals surface area contributed by atoms with E-state index in [1.165, 1.54) is 0 Å². The molecule has 1 aromatic carbocycles. The Balaban J connectivity index is 2.97. The topological polar surface area (TPSA) is 30.5 Å². The van der Waals surface area contributed by atoms with Crippen molar-refractivity contribution in [1.29, 1.82) is 0 Å². The molecule has 1 rings (SSSR count). The van der Waals surface area contributed by atoms with E-state index in [0.29, 0.717) is 13.2 Å². The summed E-state index contributed by atoms with van der Waals surface area (Å²) in [5.74, 6) is 1.50. The summed E-state index contributed by atoms with van der Waals surface area (Å²) < 4.78 is 12.1. The molecule has 18 heavy (non-hydrogen) atoms. The summed E-state index contributed by atoms with van der Waals surface area (Å²) in [6.07, 6.45) is 1.72. The Labute approximate surface area is 117 Å². The lowest BCUT2D eigenvalue weighted by Crippen LogP contribution is -2.12. The van der Waals surface area contributed by atoms with Gasteiger partial charge in [-0.05, 0) is 47.1 Å². The fraction of sp³-hybridized carbons (Fsp3) is 0.429. The van der Waals surface area contributed by atoms with Crippen LogP contribution in [0.2, 0.25) is 0 Å². The Bertz CT molecular complexity index is 394. The summed E-state index contributed by atoms with van der Waals surface area (Å²) in [5, 5.41) is 3.29. The molecule has 0 bridgehead atoms. The monoisotopic (exact) mass is 313 g/mol. The number of hydrogen-bond acceptors (Lipinski definition) is 3. The number of benzene rings is 1. The van der Waals surface area contributed by atoms with Gasteiger partial charge in [0.15, 0.2) is 11.5 Å². The zero-order chi connectivity index (χ0) is 13.4. The molecule has 0 spiro atoms. The van der Waals surface area contributed by atoms with Crippen molar-refractivity contribution in [3.05, 3.63) is 34.8 Å². The summed E-state index contributed by atoms with van der Waals surface area (Å²) in [6.45, 7) is 10.5. The highest BCUT2D eigenvalue weighted by Gasteiger charge is 2.11. The third kappa shape index (κ3) is 4.35. The minimum absolute atomic E-state index is 0.464. The van der Waals surface area contributed by atoms with Gasteiger partial charge in [0.1, 0.15) is 6.61 Å². The number of halogens is 1. The van der Waals surface area contributed by atoms with Crippen molar-refractivity contribution in [1.82, 2.24) is 5.32 Å². The van der Waals surface area contributed by atoms with E-state index in [1.807, 2.05) is 19.1 Å². The maximum atomic E-state index is 5.62. The van der Waals surface area contributed by atoms with Gasteiger partial charge in [-0.25, -0.2) is 0 Å². The van der Waals surface area contributed by atoms with Crippen LogP contribution >= 0.6 is 15.9 Å². The fourth-order valence-electron chi connectivity index (χ4n) is 1.54. The molecule has 0 amide bonds. The first-order valence-electron chi connectivity index (χ1n) is 6.12. The maximum absolute atomic E-state index is 5.62. The summed E-state index contributed by atoms with van der Waals surface area (Å²) >= 11 is 3.52. The molecule has 1 aromatic rings. The highest BCUT2D eigenvalue weighted by atomic mass is 79.9. The van der Waals surface area contributed by atoms with Crippen LogP contribution in [-0.4, -0.2) is 19.8 Å². The number of rotatable bonds is 8. The summed E-state index contributed by atoms with van der Waals surface area (Å²) in [6, 6.07) is 4.05. The quantitative estimate of drug-likeness (QED) is 0.745. The lowest BCUT2D eigenvalue weighted by molar-refractivity contribution is 0.295. The van der Waals surface area contributed by atoms with Crippen molar-refractivity contribution < 1.29 is 9.47 Å². The molecule has 3 nitrogen and oxygen atoms in total. The second-order valence-corrected chi connectivity index (χ2v) is 4.57. The van der Waals surface area contributed by atoms with Crippen LogP contribution in [0.15, 0.2) is 29.3 Å². The predicted octanol–water partition coefficient (Wildman–Crippen LogP) is 3.52. The average Bonchev–Trinajstić information content (AvgIpc) is 2.36. The van der Waals surface area contributed by atoms with E-state index in [9.17, 15) is 0 Å². The first-order valence-corrected chi connectivity index (χ1v) is 6.91. The largest absolute Gasteiger partial charge is 0.490 e. The Morgan fingerprint density at radius 1 is 1.33 bits per heavy atom. The molecule has 0 aliphatic carbocycles. The summed E-state index contributed by atoms with van der Waals surface area (Å²) in [4.78, 5) is 0. The van der Waals surface area contributed by atoms with Gasteiger partial charge in [0.25, 0.3) is 0 Å². The summed E-state index contributed by atoms with van der Waals surface area (Å²) in [5.41, 5.74) is 1.16. The molecule has 0 atom stereocenters. The number of hydrogen-bond donors (Lipinski definition) is 1. The molecule has 1 N–H and O–H groups in total. The Morgan fingerprint density at radius 3 is 2.72 bits per heavy atom. The van der Waals surface area contributed by atoms with Crippen LogP contribution in [0, 0.1) is 0 Å². The van der Waals surface area contributed by atoms with E-state index >= 15 is 0 Å². The molecule has 0 saturated heterocycles. The van der Waals surface area contributed by atoms with Crippen LogP contribution in [0.3, 0.4) is 0 Å². The van der Waals surface area contributed by atoms with Gasteiger partial charge in [0, 0.05) is 6.54 Å². The third-order valence-electron chi connectivity index (χ3n) is 2.29. The van der Waals surface area contributed by atoms with Crippen molar-refractivity contribution >= 4 is 15.9 Å². The second kappa shape index (κ2) is 8.16. The van der Waals surface area contributed by atoms with Crippen LogP contribution in [0.4, 0.5) is 0 Å². The molecule has 0 radical (unpaired) electrons. The van der Waals surface area contributed by atoms with Crippen molar-refractivity contribution in [2.45, 2.75) is 20.4 Å². The lowest BCUT2D eigenvalue weighted by atomic mass is 10.2. The van der Waals surface area contributed by atoms with Crippen molar-refractivity contribution in [3.63, 3.8) is 0 Å². The van der Waals surface area contributed by atoms with E-state index in [2.05, 4.69) is 34.7 Å². The average molecular weight is 314 g/mol. The standard InChI is InChI=1S/C14H20BrNO2/c1-4-7-18-14-12(15)8-11(10-16-5-2)9-13(14)17-6-3/h4,8-9,16H,1,5-7,10H2,2-3H3. The van der Waals surface area contributed by atoms with Crippen LogP contribution in [-0.2, 0) is 6.54 Å².